The van der Waals surface area contributed by atoms with E-state index in [2.05, 4.69) is 17.6 Å². The van der Waals surface area contributed by atoms with Crippen molar-refractivity contribution in [2.75, 3.05) is 13.1 Å². The van der Waals surface area contributed by atoms with E-state index >= 15 is 0 Å². The van der Waals surface area contributed by atoms with E-state index < -0.39 is 10.2 Å². The summed E-state index contributed by atoms with van der Waals surface area (Å²) in [6, 6.07) is 12.1. The summed E-state index contributed by atoms with van der Waals surface area (Å²) in [5, 5.41) is 0. The van der Waals surface area contributed by atoms with Crippen molar-refractivity contribution in [1.82, 2.24) is 13.2 Å². The smallest absolute Gasteiger partial charge is 0.282 e. The normalized spacial score (nSPS) is 22.1. The molecular formula is C18H23N3O2S. The molecule has 0 radical (unpaired) electrons. The Hall–Kier alpha value is -1.63. The zero-order valence-electron chi connectivity index (χ0n) is 13.9. The van der Waals surface area contributed by atoms with Crippen LogP contribution in [0.5, 0.6) is 0 Å². The fraction of sp³-hybridized carbons (Fsp3) is 0.444. The first-order valence-corrected chi connectivity index (χ1v) is 9.99. The summed E-state index contributed by atoms with van der Waals surface area (Å²) >= 11 is 0. The molecule has 3 heterocycles. The topological polar surface area (TPSA) is 45.6 Å². The lowest BCUT2D eigenvalue weighted by atomic mass is 10.0. The molecule has 1 aromatic heterocycles. The van der Waals surface area contributed by atoms with Gasteiger partial charge in [0.25, 0.3) is 10.2 Å². The van der Waals surface area contributed by atoms with Gasteiger partial charge in [0.15, 0.2) is 0 Å². The first-order chi connectivity index (χ1) is 11.6. The van der Waals surface area contributed by atoms with Crippen LogP contribution in [-0.4, -0.2) is 34.7 Å². The second-order valence-electron chi connectivity index (χ2n) is 6.52. The largest absolute Gasteiger partial charge is 0.349 e. The molecule has 0 spiro atoms. The summed E-state index contributed by atoms with van der Waals surface area (Å²) in [7, 11) is -3.46. The summed E-state index contributed by atoms with van der Waals surface area (Å²) in [4.78, 5) is 0. The van der Waals surface area contributed by atoms with Crippen LogP contribution in [0.3, 0.4) is 0 Å². The van der Waals surface area contributed by atoms with Gasteiger partial charge in [0, 0.05) is 38.1 Å². The zero-order valence-corrected chi connectivity index (χ0v) is 14.7. The minimum absolute atomic E-state index is 0.0732. The Kier molecular flexibility index (Phi) is 3.98. The molecule has 1 atom stereocenters. The first kappa shape index (κ1) is 15.9. The fourth-order valence-electron chi connectivity index (χ4n) is 3.95. The molecule has 0 bridgehead atoms. The van der Waals surface area contributed by atoms with Gasteiger partial charge in [-0.05, 0) is 36.1 Å². The molecule has 0 saturated carbocycles. The Balaban J connectivity index is 1.64. The van der Waals surface area contributed by atoms with E-state index in [0.717, 1.165) is 30.6 Å². The number of hydrogen-bond acceptors (Lipinski definition) is 2. The fourth-order valence-corrected chi connectivity index (χ4v) is 5.76. The molecule has 0 fully saturated rings. The lowest BCUT2D eigenvalue weighted by molar-refractivity contribution is 0.233. The summed E-state index contributed by atoms with van der Waals surface area (Å²) in [5.41, 5.74) is 3.49. The highest BCUT2D eigenvalue weighted by Crippen LogP contribution is 2.33. The van der Waals surface area contributed by atoms with Gasteiger partial charge >= 0.3 is 0 Å². The maximum absolute atomic E-state index is 13.3. The highest BCUT2D eigenvalue weighted by molar-refractivity contribution is 7.86. The number of rotatable bonds is 3. The van der Waals surface area contributed by atoms with Crippen molar-refractivity contribution >= 4 is 10.2 Å². The van der Waals surface area contributed by atoms with Gasteiger partial charge in [-0.3, -0.25) is 0 Å². The van der Waals surface area contributed by atoms with Gasteiger partial charge in [-0.15, -0.1) is 0 Å². The van der Waals surface area contributed by atoms with E-state index in [1.165, 1.54) is 5.56 Å². The van der Waals surface area contributed by atoms with Crippen molar-refractivity contribution < 1.29 is 8.42 Å². The van der Waals surface area contributed by atoms with Gasteiger partial charge in [0.05, 0.1) is 6.04 Å². The third-order valence-electron chi connectivity index (χ3n) is 5.22. The lowest BCUT2D eigenvalue weighted by Crippen LogP contribution is -2.50. The molecule has 24 heavy (non-hydrogen) atoms. The molecule has 2 aliphatic heterocycles. The molecule has 2 aliphatic rings. The van der Waals surface area contributed by atoms with Crippen LogP contribution >= 0.6 is 0 Å². The number of benzene rings is 1. The van der Waals surface area contributed by atoms with Gasteiger partial charge in [-0.2, -0.15) is 17.0 Å². The van der Waals surface area contributed by atoms with Crippen molar-refractivity contribution in [2.24, 2.45) is 0 Å². The van der Waals surface area contributed by atoms with Crippen LogP contribution in [0.1, 0.15) is 36.2 Å². The third-order valence-corrected chi connectivity index (χ3v) is 7.21. The number of nitrogens with zero attached hydrogens (tertiary/aromatic N) is 3. The van der Waals surface area contributed by atoms with Crippen LogP contribution < -0.4 is 0 Å². The van der Waals surface area contributed by atoms with E-state index in [-0.39, 0.29) is 6.04 Å². The number of hydrogen-bond donors (Lipinski definition) is 0. The van der Waals surface area contributed by atoms with E-state index in [9.17, 15) is 8.42 Å². The minimum atomic E-state index is -3.46. The van der Waals surface area contributed by atoms with Crippen LogP contribution in [-0.2, 0) is 29.7 Å². The zero-order chi connectivity index (χ0) is 16.7. The molecule has 5 nitrogen and oxygen atoms in total. The molecule has 6 heteroatoms. The Bertz CT molecular complexity index is 843. The average Bonchev–Trinajstić information content (AvgIpc) is 3.09. The van der Waals surface area contributed by atoms with E-state index in [1.54, 1.807) is 8.61 Å². The molecule has 1 aromatic carbocycles. The quantitative estimate of drug-likeness (QED) is 0.858. The molecule has 0 amide bonds. The van der Waals surface area contributed by atoms with Gasteiger partial charge in [-0.25, -0.2) is 0 Å². The predicted molar refractivity (Wildman–Crippen MR) is 93.6 cm³/mol. The number of fused-ring (bicyclic) bond motifs is 2. The highest BCUT2D eigenvalue weighted by Gasteiger charge is 2.39. The summed E-state index contributed by atoms with van der Waals surface area (Å²) in [6.45, 7) is 4.37. The molecule has 0 N–H and O–H groups in total. The molecule has 0 aliphatic carbocycles. The van der Waals surface area contributed by atoms with Crippen molar-refractivity contribution in [2.45, 2.75) is 38.9 Å². The Labute approximate surface area is 143 Å². The van der Waals surface area contributed by atoms with Gasteiger partial charge in [0.2, 0.25) is 0 Å². The maximum Gasteiger partial charge on any atom is 0.282 e. The standard InChI is InChI=1S/C18H23N3O2S/c1-2-17-18-8-5-10-19(18)12-13-21(17)24(22,23)20-11-9-15-6-3-4-7-16(15)14-20/h3-8,10,17H,2,9,11-14H2,1H3. The van der Waals surface area contributed by atoms with E-state index in [1.807, 2.05) is 36.5 Å². The van der Waals surface area contributed by atoms with Crippen molar-refractivity contribution in [3.05, 3.63) is 59.4 Å². The summed E-state index contributed by atoms with van der Waals surface area (Å²) in [6.07, 6.45) is 3.61. The van der Waals surface area contributed by atoms with Crippen molar-refractivity contribution in [3.8, 4) is 0 Å². The van der Waals surface area contributed by atoms with Crippen LogP contribution in [0.2, 0.25) is 0 Å². The summed E-state index contributed by atoms with van der Waals surface area (Å²) < 4.78 is 32.1. The number of aromatic nitrogens is 1. The van der Waals surface area contributed by atoms with Crippen LogP contribution in [0.4, 0.5) is 0 Å². The Morgan fingerprint density at radius 3 is 2.62 bits per heavy atom. The Morgan fingerprint density at radius 2 is 1.83 bits per heavy atom. The maximum atomic E-state index is 13.3. The van der Waals surface area contributed by atoms with Gasteiger partial charge < -0.3 is 4.57 Å². The Morgan fingerprint density at radius 1 is 1.04 bits per heavy atom. The molecule has 2 aromatic rings. The monoisotopic (exact) mass is 345 g/mol. The van der Waals surface area contributed by atoms with E-state index in [4.69, 9.17) is 0 Å². The van der Waals surface area contributed by atoms with Crippen LogP contribution in [0, 0.1) is 0 Å². The molecule has 1 unspecified atom stereocenters. The predicted octanol–water partition coefficient (Wildman–Crippen LogP) is 2.56. The first-order valence-electron chi connectivity index (χ1n) is 8.60. The molecule has 0 saturated heterocycles. The van der Waals surface area contributed by atoms with E-state index in [0.29, 0.717) is 19.6 Å². The van der Waals surface area contributed by atoms with Crippen molar-refractivity contribution in [3.63, 3.8) is 0 Å². The van der Waals surface area contributed by atoms with Crippen LogP contribution in [0.15, 0.2) is 42.6 Å². The lowest BCUT2D eigenvalue weighted by Gasteiger charge is -2.39. The SMILES string of the molecule is CCC1c2cccn2CCN1S(=O)(=O)N1CCc2ccccc2C1. The average molecular weight is 345 g/mol. The molecular weight excluding hydrogens is 322 g/mol. The minimum Gasteiger partial charge on any atom is -0.349 e. The van der Waals surface area contributed by atoms with Gasteiger partial charge in [-0.1, -0.05) is 31.2 Å². The highest BCUT2D eigenvalue weighted by atomic mass is 32.2. The summed E-state index contributed by atoms with van der Waals surface area (Å²) in [5.74, 6) is 0. The van der Waals surface area contributed by atoms with Gasteiger partial charge in [0.1, 0.15) is 0 Å². The molecule has 128 valence electrons. The van der Waals surface area contributed by atoms with Crippen molar-refractivity contribution in [1.29, 1.82) is 0 Å². The third kappa shape index (κ3) is 2.49. The van der Waals surface area contributed by atoms with Crippen LogP contribution in [0.25, 0.3) is 0 Å². The second kappa shape index (κ2) is 6.02. The molecule has 4 rings (SSSR count). The second-order valence-corrected chi connectivity index (χ2v) is 8.40.